The van der Waals surface area contributed by atoms with Gasteiger partial charge in [-0.05, 0) is 11.4 Å². The second-order valence-electron chi connectivity index (χ2n) is 3.75. The third-order valence-corrected chi connectivity index (χ3v) is 2.45. The molecule has 2 N–H and O–H groups in total. The van der Waals surface area contributed by atoms with Crippen LogP contribution in [0.25, 0.3) is 10.4 Å². The quantitative estimate of drug-likeness (QED) is 0.281. The smallest absolute Gasteiger partial charge is 0.326 e. The Morgan fingerprint density at radius 3 is 2.69 bits per heavy atom. The number of rotatable bonds is 8. The largest absolute Gasteiger partial charge is 0.480 e. The van der Waals surface area contributed by atoms with Gasteiger partial charge >= 0.3 is 5.97 Å². The van der Waals surface area contributed by atoms with Gasteiger partial charge in [-0.3, -0.25) is 10.1 Å². The van der Waals surface area contributed by atoms with Gasteiger partial charge in [0.25, 0.3) is 0 Å². The maximum Gasteiger partial charge on any atom is 0.326 e. The Balaban J connectivity index is 4.61. The number of nitrogens with one attached hydrogen (secondary N) is 1. The molecule has 1 unspecified atom stereocenters. The number of carbonyl (C=O) groups is 1. The third-order valence-electron chi connectivity index (χ3n) is 2.45. The fraction of sp³-hybridized carbons (Fsp3) is 0.889. The highest BCUT2D eigenvalue weighted by molar-refractivity contribution is 5.79. The zero-order valence-electron chi connectivity index (χ0n) is 9.80. The van der Waals surface area contributed by atoms with E-state index in [0.29, 0.717) is 6.54 Å². The normalized spacial score (nSPS) is 14.2. The van der Waals surface area contributed by atoms with Crippen LogP contribution in [-0.4, -0.2) is 43.4 Å². The Hall–Kier alpha value is -1.30. The molecule has 0 aliphatic heterocycles. The molecule has 1 atom stereocenters. The molecule has 0 aliphatic carbocycles. The highest BCUT2D eigenvalue weighted by Gasteiger charge is 2.41. The summed E-state index contributed by atoms with van der Waals surface area (Å²) in [4.78, 5) is 13.9. The van der Waals surface area contributed by atoms with Gasteiger partial charge in [0.1, 0.15) is 5.54 Å². The highest BCUT2D eigenvalue weighted by atomic mass is 16.5. The Kier molecular flexibility index (Phi) is 6.48. The van der Waals surface area contributed by atoms with Crippen LogP contribution in [0.15, 0.2) is 5.11 Å². The van der Waals surface area contributed by atoms with Gasteiger partial charge in [0, 0.05) is 25.1 Å². The molecule has 0 radical (unpaired) electrons. The lowest BCUT2D eigenvalue weighted by Gasteiger charge is -2.33. The molecule has 0 saturated heterocycles. The topological polar surface area (TPSA) is 107 Å². The molecule has 0 aromatic heterocycles. The van der Waals surface area contributed by atoms with Crippen LogP contribution < -0.4 is 5.32 Å². The first-order valence-electron chi connectivity index (χ1n) is 4.99. The number of carboxylic acids is 1. The van der Waals surface area contributed by atoms with Crippen molar-refractivity contribution in [2.75, 3.05) is 26.8 Å². The molecule has 0 aromatic carbocycles. The van der Waals surface area contributed by atoms with E-state index in [1.54, 1.807) is 13.8 Å². The third kappa shape index (κ3) is 3.69. The van der Waals surface area contributed by atoms with Gasteiger partial charge in [0.2, 0.25) is 0 Å². The number of carboxylic acid groups (broad SMARTS) is 1. The predicted molar refractivity (Wildman–Crippen MR) is 59.1 cm³/mol. The number of aliphatic carboxylic acids is 1. The lowest BCUT2D eigenvalue weighted by atomic mass is 9.87. The average molecular weight is 230 g/mol. The van der Waals surface area contributed by atoms with Crippen molar-refractivity contribution in [3.63, 3.8) is 0 Å². The molecule has 0 aromatic rings. The van der Waals surface area contributed by atoms with E-state index in [1.807, 2.05) is 0 Å². The SMILES string of the molecule is COCC(NCCN=[N+]=[N-])(C(=O)O)C(C)C. The van der Waals surface area contributed by atoms with Crippen LogP contribution in [0.5, 0.6) is 0 Å². The van der Waals surface area contributed by atoms with Crippen molar-refractivity contribution in [2.24, 2.45) is 11.0 Å². The van der Waals surface area contributed by atoms with Crippen LogP contribution in [0.3, 0.4) is 0 Å². The van der Waals surface area contributed by atoms with Crippen LogP contribution in [0.1, 0.15) is 13.8 Å². The van der Waals surface area contributed by atoms with Crippen molar-refractivity contribution in [3.05, 3.63) is 10.4 Å². The zero-order chi connectivity index (χ0) is 12.6. The monoisotopic (exact) mass is 230 g/mol. The molecular formula is C9H18N4O3. The molecule has 0 bridgehead atoms. The van der Waals surface area contributed by atoms with Crippen molar-refractivity contribution in [1.29, 1.82) is 0 Å². The average Bonchev–Trinajstić information content (AvgIpc) is 2.21. The van der Waals surface area contributed by atoms with Gasteiger partial charge in [-0.1, -0.05) is 19.0 Å². The molecule has 0 rings (SSSR count). The zero-order valence-corrected chi connectivity index (χ0v) is 9.80. The van der Waals surface area contributed by atoms with Crippen molar-refractivity contribution in [3.8, 4) is 0 Å². The Morgan fingerprint density at radius 1 is 1.69 bits per heavy atom. The summed E-state index contributed by atoms with van der Waals surface area (Å²) in [6.07, 6.45) is 0. The molecule has 7 nitrogen and oxygen atoms in total. The summed E-state index contributed by atoms with van der Waals surface area (Å²) < 4.78 is 4.94. The van der Waals surface area contributed by atoms with Gasteiger partial charge in [0.15, 0.2) is 0 Å². The number of nitrogens with zero attached hydrogens (tertiary/aromatic N) is 3. The van der Waals surface area contributed by atoms with E-state index < -0.39 is 11.5 Å². The molecular weight excluding hydrogens is 212 g/mol. The Bertz CT molecular complexity index is 276. The minimum atomic E-state index is -1.14. The summed E-state index contributed by atoms with van der Waals surface area (Å²) in [5, 5.41) is 15.5. The van der Waals surface area contributed by atoms with Crippen molar-refractivity contribution >= 4 is 5.97 Å². The van der Waals surface area contributed by atoms with E-state index >= 15 is 0 Å². The van der Waals surface area contributed by atoms with Gasteiger partial charge in [-0.25, -0.2) is 0 Å². The van der Waals surface area contributed by atoms with Crippen LogP contribution in [-0.2, 0) is 9.53 Å². The molecule has 0 heterocycles. The summed E-state index contributed by atoms with van der Waals surface area (Å²) in [5.41, 5.74) is 6.97. The van der Waals surface area contributed by atoms with Crippen LogP contribution >= 0.6 is 0 Å². The minimum Gasteiger partial charge on any atom is -0.480 e. The number of hydrogen-bond acceptors (Lipinski definition) is 4. The number of methoxy groups -OCH3 is 1. The second kappa shape index (κ2) is 7.05. The van der Waals surface area contributed by atoms with Crippen molar-refractivity contribution in [1.82, 2.24) is 5.32 Å². The number of ether oxygens (including phenoxy) is 1. The fourth-order valence-electron chi connectivity index (χ4n) is 1.41. The van der Waals surface area contributed by atoms with E-state index in [9.17, 15) is 9.90 Å². The lowest BCUT2D eigenvalue weighted by molar-refractivity contribution is -0.149. The Morgan fingerprint density at radius 2 is 2.31 bits per heavy atom. The fourth-order valence-corrected chi connectivity index (χ4v) is 1.41. The number of azide groups is 1. The maximum atomic E-state index is 11.3. The summed E-state index contributed by atoms with van der Waals surface area (Å²) in [7, 11) is 1.45. The first-order chi connectivity index (χ1) is 7.51. The van der Waals surface area contributed by atoms with Crippen LogP contribution in [0, 0.1) is 5.92 Å². The van der Waals surface area contributed by atoms with Crippen molar-refractivity contribution < 1.29 is 14.6 Å². The number of hydrogen-bond donors (Lipinski definition) is 2. The molecule has 0 fully saturated rings. The molecule has 92 valence electrons. The van der Waals surface area contributed by atoms with E-state index in [2.05, 4.69) is 15.3 Å². The maximum absolute atomic E-state index is 11.3. The molecule has 0 amide bonds. The first kappa shape index (κ1) is 14.7. The van der Waals surface area contributed by atoms with E-state index in [0.717, 1.165) is 0 Å². The van der Waals surface area contributed by atoms with Gasteiger partial charge in [0.05, 0.1) is 6.61 Å². The van der Waals surface area contributed by atoms with Crippen LogP contribution in [0.2, 0.25) is 0 Å². The molecule has 0 aliphatic rings. The Labute approximate surface area is 94.4 Å². The minimum absolute atomic E-state index is 0.0657. The standard InChI is InChI=1S/C9H18N4O3/c1-7(2)9(6-16-3,8(14)15)11-4-5-12-13-10/h7,11H,4-6H2,1-3H3,(H,14,15). The predicted octanol–water partition coefficient (Wildman–Crippen LogP) is 1.01. The highest BCUT2D eigenvalue weighted by Crippen LogP contribution is 2.18. The summed E-state index contributed by atoms with van der Waals surface area (Å²) in [6.45, 7) is 4.18. The van der Waals surface area contributed by atoms with E-state index in [-0.39, 0.29) is 19.1 Å². The summed E-state index contributed by atoms with van der Waals surface area (Å²) >= 11 is 0. The molecule has 7 heteroatoms. The second-order valence-corrected chi connectivity index (χ2v) is 3.75. The molecule has 0 saturated carbocycles. The summed E-state index contributed by atoms with van der Waals surface area (Å²) in [5.74, 6) is -1.11. The van der Waals surface area contributed by atoms with Gasteiger partial charge in [-0.15, -0.1) is 0 Å². The van der Waals surface area contributed by atoms with Crippen molar-refractivity contribution in [2.45, 2.75) is 19.4 Å². The molecule has 16 heavy (non-hydrogen) atoms. The van der Waals surface area contributed by atoms with E-state index in [4.69, 9.17) is 10.3 Å². The van der Waals surface area contributed by atoms with Gasteiger partial charge < -0.3 is 9.84 Å². The van der Waals surface area contributed by atoms with Crippen LogP contribution in [0.4, 0.5) is 0 Å². The van der Waals surface area contributed by atoms with E-state index in [1.165, 1.54) is 7.11 Å². The summed E-state index contributed by atoms with van der Waals surface area (Å²) in [6, 6.07) is 0. The first-order valence-corrected chi connectivity index (χ1v) is 4.99. The lowest BCUT2D eigenvalue weighted by Crippen LogP contribution is -2.59. The molecule has 0 spiro atoms. The van der Waals surface area contributed by atoms with Gasteiger partial charge in [-0.2, -0.15) is 0 Å².